The summed E-state index contributed by atoms with van der Waals surface area (Å²) in [7, 11) is 3.96. The van der Waals surface area contributed by atoms with Crippen molar-refractivity contribution >= 4 is 45.0 Å². The van der Waals surface area contributed by atoms with Gasteiger partial charge in [-0.2, -0.15) is 0 Å². The third-order valence-electron chi connectivity index (χ3n) is 4.24. The zero-order chi connectivity index (χ0) is 18.3. The van der Waals surface area contributed by atoms with Crippen LogP contribution in [0, 0.1) is 0 Å². The average molecular weight is 347 g/mol. The largest absolute Gasteiger partial charge is 0.477 e. The number of carboxylic acid groups (broad SMARTS) is 1. The first-order valence-electron chi connectivity index (χ1n) is 8.07. The average Bonchev–Trinajstić information content (AvgIpc) is 3.07. The highest BCUT2D eigenvalue weighted by Gasteiger charge is 2.14. The van der Waals surface area contributed by atoms with Gasteiger partial charge in [-0.15, -0.1) is 0 Å². The molecule has 7 heteroatoms. The topological polar surface area (TPSA) is 94.1 Å². The van der Waals surface area contributed by atoms with E-state index in [1.807, 2.05) is 49.3 Å². The number of H-pyrrole nitrogens is 1. The molecule has 0 saturated heterocycles. The van der Waals surface area contributed by atoms with E-state index >= 15 is 0 Å². The number of aromatic amines is 1. The first-order chi connectivity index (χ1) is 12.5. The summed E-state index contributed by atoms with van der Waals surface area (Å²) < 4.78 is 0. The highest BCUT2D eigenvalue weighted by atomic mass is 16.4. The fourth-order valence-electron chi connectivity index (χ4n) is 2.94. The molecule has 0 saturated carbocycles. The van der Waals surface area contributed by atoms with Crippen molar-refractivity contribution in [2.24, 2.45) is 0 Å². The van der Waals surface area contributed by atoms with Gasteiger partial charge >= 0.3 is 5.97 Å². The van der Waals surface area contributed by atoms with Gasteiger partial charge in [0, 0.05) is 48.6 Å². The summed E-state index contributed by atoms with van der Waals surface area (Å²) in [6, 6.07) is 11.4. The Morgan fingerprint density at radius 3 is 2.77 bits per heavy atom. The molecule has 7 nitrogen and oxygen atoms in total. The van der Waals surface area contributed by atoms with Crippen molar-refractivity contribution in [3.8, 4) is 0 Å². The maximum absolute atomic E-state index is 11.3. The van der Waals surface area contributed by atoms with Gasteiger partial charge in [-0.05, 0) is 35.7 Å². The zero-order valence-corrected chi connectivity index (χ0v) is 14.3. The van der Waals surface area contributed by atoms with Crippen molar-refractivity contribution in [3.05, 3.63) is 54.5 Å². The Balaban J connectivity index is 1.88. The Kier molecular flexibility index (Phi) is 3.69. The number of rotatable bonds is 4. The fraction of sp³-hybridized carbons (Fsp3) is 0.105. The number of fused-ring (bicyclic) bond motifs is 3. The maximum atomic E-state index is 11.3. The quantitative estimate of drug-likeness (QED) is 0.522. The Bertz CT molecular complexity index is 1130. The molecule has 4 rings (SSSR count). The molecule has 3 N–H and O–H groups in total. The van der Waals surface area contributed by atoms with E-state index in [9.17, 15) is 9.90 Å². The number of pyridine rings is 2. The molecular formula is C19H17N5O2. The summed E-state index contributed by atoms with van der Waals surface area (Å²) >= 11 is 0. The Hall–Kier alpha value is -3.61. The minimum absolute atomic E-state index is 0.109. The van der Waals surface area contributed by atoms with E-state index < -0.39 is 5.97 Å². The van der Waals surface area contributed by atoms with Crippen LogP contribution in [0.1, 0.15) is 10.5 Å². The van der Waals surface area contributed by atoms with Crippen LogP contribution in [-0.2, 0) is 0 Å². The van der Waals surface area contributed by atoms with Crippen molar-refractivity contribution < 1.29 is 9.90 Å². The summed E-state index contributed by atoms with van der Waals surface area (Å²) in [6.45, 7) is 0. The number of hydrogen-bond acceptors (Lipinski definition) is 5. The number of benzene rings is 1. The van der Waals surface area contributed by atoms with Crippen molar-refractivity contribution in [1.29, 1.82) is 0 Å². The Morgan fingerprint density at radius 2 is 2.00 bits per heavy atom. The molecule has 26 heavy (non-hydrogen) atoms. The van der Waals surface area contributed by atoms with Crippen LogP contribution in [-0.4, -0.2) is 40.1 Å². The molecule has 3 heterocycles. The number of hydrogen-bond donors (Lipinski definition) is 3. The molecule has 4 aromatic rings. The van der Waals surface area contributed by atoms with Crippen LogP contribution in [0.25, 0.3) is 21.8 Å². The lowest BCUT2D eigenvalue weighted by Gasteiger charge is -2.15. The van der Waals surface area contributed by atoms with E-state index in [0.29, 0.717) is 11.5 Å². The van der Waals surface area contributed by atoms with E-state index in [1.165, 1.54) is 0 Å². The minimum atomic E-state index is -1.02. The molecule has 0 amide bonds. The number of carbonyl (C=O) groups is 1. The molecule has 0 fully saturated rings. The number of anilines is 3. The van der Waals surface area contributed by atoms with Crippen molar-refractivity contribution in [3.63, 3.8) is 0 Å². The van der Waals surface area contributed by atoms with E-state index in [2.05, 4.69) is 20.3 Å². The van der Waals surface area contributed by atoms with Gasteiger partial charge in [0.1, 0.15) is 17.2 Å². The maximum Gasteiger partial charge on any atom is 0.352 e. The molecular weight excluding hydrogens is 330 g/mol. The van der Waals surface area contributed by atoms with E-state index in [4.69, 9.17) is 0 Å². The zero-order valence-electron chi connectivity index (χ0n) is 14.3. The van der Waals surface area contributed by atoms with Gasteiger partial charge in [0.15, 0.2) is 0 Å². The van der Waals surface area contributed by atoms with Gasteiger partial charge in [0.05, 0.1) is 0 Å². The normalized spacial score (nSPS) is 11.0. The van der Waals surface area contributed by atoms with Crippen LogP contribution >= 0.6 is 0 Å². The molecule has 0 spiro atoms. The van der Waals surface area contributed by atoms with Crippen molar-refractivity contribution in [2.75, 3.05) is 24.3 Å². The van der Waals surface area contributed by atoms with Gasteiger partial charge in [-0.25, -0.2) is 9.78 Å². The summed E-state index contributed by atoms with van der Waals surface area (Å²) in [5.41, 5.74) is 2.58. The second-order valence-corrected chi connectivity index (χ2v) is 6.20. The Labute approximate surface area is 149 Å². The van der Waals surface area contributed by atoms with E-state index in [-0.39, 0.29) is 5.69 Å². The molecule has 0 atom stereocenters. The van der Waals surface area contributed by atoms with Gasteiger partial charge < -0.3 is 20.3 Å². The molecule has 130 valence electrons. The lowest BCUT2D eigenvalue weighted by Crippen LogP contribution is -2.08. The van der Waals surface area contributed by atoms with Gasteiger partial charge in [0.2, 0.25) is 0 Å². The van der Waals surface area contributed by atoms with Crippen LogP contribution < -0.4 is 10.2 Å². The molecule has 3 aromatic heterocycles. The van der Waals surface area contributed by atoms with E-state index in [1.54, 1.807) is 18.5 Å². The summed E-state index contributed by atoms with van der Waals surface area (Å²) in [5.74, 6) is -0.395. The van der Waals surface area contributed by atoms with Crippen LogP contribution in [0.2, 0.25) is 0 Å². The third-order valence-corrected chi connectivity index (χ3v) is 4.24. The lowest BCUT2D eigenvalue weighted by molar-refractivity contribution is 0.0691. The fourth-order valence-corrected chi connectivity index (χ4v) is 2.94. The summed E-state index contributed by atoms with van der Waals surface area (Å²) in [6.07, 6.45) is 3.42. The summed E-state index contributed by atoms with van der Waals surface area (Å²) in [5, 5.41) is 15.1. The van der Waals surface area contributed by atoms with Crippen molar-refractivity contribution in [1.82, 2.24) is 15.0 Å². The number of nitrogens with zero attached hydrogens (tertiary/aromatic N) is 3. The van der Waals surface area contributed by atoms with Crippen molar-refractivity contribution in [2.45, 2.75) is 0 Å². The van der Waals surface area contributed by atoms with Gasteiger partial charge in [-0.3, -0.25) is 4.98 Å². The molecule has 1 aromatic carbocycles. The first kappa shape index (κ1) is 15.9. The van der Waals surface area contributed by atoms with Gasteiger partial charge in [0.25, 0.3) is 0 Å². The number of carboxylic acids is 1. The third kappa shape index (κ3) is 2.69. The standard InChI is InChI=1S/C19H17N5O2/c1-24(2)12-5-3-4-11(8-12)21-18-15-10-20-7-6-13(15)14-9-16(19(25)26)22-17(14)23-18/h3-10H,1-2H3,(H,25,26)(H2,21,22,23). The molecule has 0 unspecified atom stereocenters. The second-order valence-electron chi connectivity index (χ2n) is 6.20. The first-order valence-corrected chi connectivity index (χ1v) is 8.07. The molecule has 0 aliphatic carbocycles. The monoisotopic (exact) mass is 347 g/mol. The highest BCUT2D eigenvalue weighted by Crippen LogP contribution is 2.31. The van der Waals surface area contributed by atoms with Gasteiger partial charge in [-0.1, -0.05) is 6.07 Å². The molecule has 0 bridgehead atoms. The highest BCUT2D eigenvalue weighted by molar-refractivity contribution is 6.11. The van der Waals surface area contributed by atoms with Crippen LogP contribution in [0.15, 0.2) is 48.8 Å². The Morgan fingerprint density at radius 1 is 1.15 bits per heavy atom. The van der Waals surface area contributed by atoms with Crippen LogP contribution in [0.4, 0.5) is 17.2 Å². The summed E-state index contributed by atoms with van der Waals surface area (Å²) in [4.78, 5) is 25.0. The molecule has 0 radical (unpaired) electrons. The lowest BCUT2D eigenvalue weighted by atomic mass is 10.1. The number of aromatic nitrogens is 3. The van der Waals surface area contributed by atoms with E-state index in [0.717, 1.165) is 27.5 Å². The smallest absolute Gasteiger partial charge is 0.352 e. The molecule has 0 aliphatic heterocycles. The number of nitrogens with one attached hydrogen (secondary N) is 2. The predicted octanol–water partition coefficient (Wildman–Crippen LogP) is 3.62. The second kappa shape index (κ2) is 6.03. The SMILES string of the molecule is CN(C)c1cccc(Nc2nc3[nH]c(C(=O)O)cc3c3ccncc23)c1. The molecule has 0 aliphatic rings. The minimum Gasteiger partial charge on any atom is -0.477 e. The van der Waals surface area contributed by atoms with Crippen LogP contribution in [0.5, 0.6) is 0 Å². The number of aromatic carboxylic acids is 1. The van der Waals surface area contributed by atoms with Crippen LogP contribution in [0.3, 0.4) is 0 Å². The predicted molar refractivity (Wildman–Crippen MR) is 102 cm³/mol.